The van der Waals surface area contributed by atoms with E-state index in [2.05, 4.69) is 52.1 Å². The van der Waals surface area contributed by atoms with E-state index in [1.54, 1.807) is 0 Å². The molecule has 2 aromatic carbocycles. The van der Waals surface area contributed by atoms with E-state index < -0.39 is 0 Å². The molecule has 0 spiro atoms. The van der Waals surface area contributed by atoms with Gasteiger partial charge in [0.1, 0.15) is 0 Å². The highest BCUT2D eigenvalue weighted by Gasteiger charge is 2.00. The van der Waals surface area contributed by atoms with Crippen molar-refractivity contribution in [2.24, 2.45) is 0 Å². The summed E-state index contributed by atoms with van der Waals surface area (Å²) in [6.45, 7) is 5.74. The van der Waals surface area contributed by atoms with Gasteiger partial charge >= 0.3 is 0 Å². The Kier molecular flexibility index (Phi) is 4.73. The Hall–Kier alpha value is -1.38. The third kappa shape index (κ3) is 3.56. The summed E-state index contributed by atoms with van der Waals surface area (Å²) < 4.78 is 1.14. The van der Waals surface area contributed by atoms with Crippen LogP contribution in [0, 0.1) is 0 Å². The number of rotatable bonds is 5. The van der Waals surface area contributed by atoms with Crippen LogP contribution >= 0.6 is 15.9 Å². The Balaban J connectivity index is 1.86. The molecule has 0 radical (unpaired) electrons. The van der Waals surface area contributed by atoms with Crippen LogP contribution in [0.15, 0.2) is 65.6 Å². The summed E-state index contributed by atoms with van der Waals surface area (Å²) in [6, 6.07) is 18.5. The Morgan fingerprint density at radius 3 is 2.39 bits per heavy atom. The third-order valence-electron chi connectivity index (χ3n) is 2.79. The van der Waals surface area contributed by atoms with Crippen molar-refractivity contribution in [1.29, 1.82) is 0 Å². The molecule has 0 bridgehead atoms. The molecule has 0 saturated carbocycles. The number of hydrogen-bond acceptors (Lipinski definition) is 1. The first-order valence-corrected chi connectivity index (χ1v) is 6.74. The first-order chi connectivity index (χ1) is 8.77. The van der Waals surface area contributed by atoms with Crippen LogP contribution in [-0.4, -0.2) is 6.54 Å². The van der Waals surface area contributed by atoms with Crippen molar-refractivity contribution in [2.75, 3.05) is 6.54 Å². The predicted molar refractivity (Wildman–Crippen MR) is 81.3 cm³/mol. The SMILES string of the molecule is C=C(CNCc1ccccc1Br)c1ccccc1. The molecule has 0 amide bonds. The second kappa shape index (κ2) is 6.53. The lowest BCUT2D eigenvalue weighted by molar-refractivity contribution is 0.765. The summed E-state index contributed by atoms with van der Waals surface area (Å²) in [5.74, 6) is 0. The molecule has 2 heteroatoms. The van der Waals surface area contributed by atoms with Gasteiger partial charge in [-0.05, 0) is 22.8 Å². The van der Waals surface area contributed by atoms with Gasteiger partial charge in [-0.3, -0.25) is 0 Å². The molecule has 1 N–H and O–H groups in total. The van der Waals surface area contributed by atoms with E-state index in [-0.39, 0.29) is 0 Å². The zero-order valence-corrected chi connectivity index (χ0v) is 11.8. The minimum absolute atomic E-state index is 0.797. The molecule has 18 heavy (non-hydrogen) atoms. The Bertz CT molecular complexity index is 520. The molecule has 92 valence electrons. The van der Waals surface area contributed by atoms with Gasteiger partial charge in [0.15, 0.2) is 0 Å². The van der Waals surface area contributed by atoms with Crippen molar-refractivity contribution in [3.05, 3.63) is 76.8 Å². The van der Waals surface area contributed by atoms with Gasteiger partial charge in [0.05, 0.1) is 0 Å². The maximum atomic E-state index is 4.10. The van der Waals surface area contributed by atoms with Crippen LogP contribution in [0.25, 0.3) is 5.57 Å². The van der Waals surface area contributed by atoms with Gasteiger partial charge in [0.2, 0.25) is 0 Å². The smallest absolute Gasteiger partial charge is 0.0220 e. The second-order valence-corrected chi connectivity index (χ2v) is 5.02. The summed E-state index contributed by atoms with van der Waals surface area (Å²) in [5, 5.41) is 3.41. The molecule has 0 atom stereocenters. The summed E-state index contributed by atoms with van der Waals surface area (Å²) >= 11 is 3.55. The van der Waals surface area contributed by atoms with Crippen LogP contribution in [0.4, 0.5) is 0 Å². The molecule has 0 heterocycles. The van der Waals surface area contributed by atoms with Crippen molar-refractivity contribution < 1.29 is 0 Å². The van der Waals surface area contributed by atoms with Crippen molar-refractivity contribution in [3.63, 3.8) is 0 Å². The molecule has 0 saturated heterocycles. The number of hydrogen-bond donors (Lipinski definition) is 1. The zero-order chi connectivity index (χ0) is 12.8. The largest absolute Gasteiger partial charge is 0.309 e. The molecule has 0 fully saturated rings. The summed E-state index contributed by atoms with van der Waals surface area (Å²) in [6.07, 6.45) is 0. The minimum Gasteiger partial charge on any atom is -0.309 e. The van der Waals surface area contributed by atoms with Gasteiger partial charge in [-0.2, -0.15) is 0 Å². The Morgan fingerprint density at radius 1 is 1.00 bits per heavy atom. The molecule has 1 nitrogen and oxygen atoms in total. The van der Waals surface area contributed by atoms with Gasteiger partial charge < -0.3 is 5.32 Å². The van der Waals surface area contributed by atoms with E-state index in [0.29, 0.717) is 0 Å². The first kappa shape index (κ1) is 13.1. The monoisotopic (exact) mass is 301 g/mol. The molecular weight excluding hydrogens is 286 g/mol. The lowest BCUT2D eigenvalue weighted by atomic mass is 10.1. The van der Waals surface area contributed by atoms with E-state index in [4.69, 9.17) is 0 Å². The van der Waals surface area contributed by atoms with E-state index >= 15 is 0 Å². The Labute approximate surface area is 117 Å². The molecule has 2 rings (SSSR count). The fraction of sp³-hybridized carbons (Fsp3) is 0.125. The van der Waals surface area contributed by atoms with Crippen LogP contribution in [0.3, 0.4) is 0 Å². The number of nitrogens with one attached hydrogen (secondary N) is 1. The van der Waals surface area contributed by atoms with Crippen LogP contribution in [-0.2, 0) is 6.54 Å². The average Bonchev–Trinajstić information content (AvgIpc) is 2.42. The zero-order valence-electron chi connectivity index (χ0n) is 10.2. The van der Waals surface area contributed by atoms with Crippen LogP contribution in [0.1, 0.15) is 11.1 Å². The van der Waals surface area contributed by atoms with Crippen LogP contribution in [0.5, 0.6) is 0 Å². The molecule has 0 aliphatic heterocycles. The fourth-order valence-corrected chi connectivity index (χ4v) is 2.19. The van der Waals surface area contributed by atoms with Gasteiger partial charge in [0.25, 0.3) is 0 Å². The highest BCUT2D eigenvalue weighted by atomic mass is 79.9. The standard InChI is InChI=1S/C16H16BrN/c1-13(14-7-3-2-4-8-14)11-18-12-15-9-5-6-10-16(15)17/h2-10,18H,1,11-12H2. The van der Waals surface area contributed by atoms with Crippen LogP contribution < -0.4 is 5.32 Å². The molecule has 0 unspecified atom stereocenters. The van der Waals surface area contributed by atoms with Crippen molar-refractivity contribution in [3.8, 4) is 0 Å². The maximum absolute atomic E-state index is 4.10. The normalized spacial score (nSPS) is 10.3. The lowest BCUT2D eigenvalue weighted by Gasteiger charge is -2.09. The van der Waals surface area contributed by atoms with Crippen molar-refractivity contribution in [1.82, 2.24) is 5.32 Å². The first-order valence-electron chi connectivity index (χ1n) is 5.94. The van der Waals surface area contributed by atoms with Gasteiger partial charge in [-0.25, -0.2) is 0 Å². The summed E-state index contributed by atoms with van der Waals surface area (Å²) in [7, 11) is 0. The van der Waals surface area contributed by atoms with E-state index in [1.807, 2.05) is 30.3 Å². The predicted octanol–water partition coefficient (Wildman–Crippen LogP) is 4.25. The minimum atomic E-state index is 0.797. The van der Waals surface area contributed by atoms with Crippen molar-refractivity contribution in [2.45, 2.75) is 6.54 Å². The second-order valence-electron chi connectivity index (χ2n) is 4.16. The maximum Gasteiger partial charge on any atom is 0.0220 e. The third-order valence-corrected chi connectivity index (χ3v) is 3.57. The fourth-order valence-electron chi connectivity index (χ4n) is 1.77. The van der Waals surface area contributed by atoms with Gasteiger partial charge in [-0.1, -0.05) is 71.0 Å². The van der Waals surface area contributed by atoms with E-state index in [9.17, 15) is 0 Å². The number of benzene rings is 2. The lowest BCUT2D eigenvalue weighted by Crippen LogP contribution is -2.15. The summed E-state index contributed by atoms with van der Waals surface area (Å²) in [5.41, 5.74) is 3.57. The van der Waals surface area contributed by atoms with E-state index in [0.717, 1.165) is 23.1 Å². The van der Waals surface area contributed by atoms with Crippen LogP contribution in [0.2, 0.25) is 0 Å². The molecule has 0 aromatic heterocycles. The Morgan fingerprint density at radius 2 is 1.67 bits per heavy atom. The highest BCUT2D eigenvalue weighted by Crippen LogP contribution is 2.16. The number of halogens is 1. The molecule has 0 aliphatic rings. The quantitative estimate of drug-likeness (QED) is 0.870. The van der Waals surface area contributed by atoms with Gasteiger partial charge in [-0.15, -0.1) is 0 Å². The average molecular weight is 302 g/mol. The van der Waals surface area contributed by atoms with E-state index in [1.165, 1.54) is 11.1 Å². The van der Waals surface area contributed by atoms with Gasteiger partial charge in [0, 0.05) is 17.6 Å². The topological polar surface area (TPSA) is 12.0 Å². The molecule has 0 aliphatic carbocycles. The summed E-state index contributed by atoms with van der Waals surface area (Å²) in [4.78, 5) is 0. The molecular formula is C16H16BrN. The van der Waals surface area contributed by atoms with Crippen molar-refractivity contribution >= 4 is 21.5 Å². The highest BCUT2D eigenvalue weighted by molar-refractivity contribution is 9.10. The molecule has 2 aromatic rings.